The molecule has 9 nitrogen and oxygen atoms in total. The van der Waals surface area contributed by atoms with Gasteiger partial charge in [-0.2, -0.15) is 4.31 Å². The van der Waals surface area contributed by atoms with Crippen LogP contribution in [0.5, 0.6) is 17.2 Å². The highest BCUT2D eigenvalue weighted by molar-refractivity contribution is 7.93. The summed E-state index contributed by atoms with van der Waals surface area (Å²) >= 11 is 0. The Bertz CT molecular complexity index is 1530. The topological polar surface area (TPSA) is 90.3 Å². The molecule has 0 aliphatic heterocycles. The lowest BCUT2D eigenvalue weighted by molar-refractivity contribution is -0.118. The summed E-state index contributed by atoms with van der Waals surface area (Å²) in [6.07, 6.45) is 0. The Morgan fingerprint density at radius 1 is 0.861 bits per heavy atom. The van der Waals surface area contributed by atoms with Gasteiger partial charge in [0.1, 0.15) is 11.4 Å². The fourth-order valence-corrected chi connectivity index (χ4v) is 5.78. The van der Waals surface area contributed by atoms with Crippen molar-refractivity contribution in [3.05, 3.63) is 54.6 Å². The Morgan fingerprint density at radius 3 is 2.06 bits per heavy atom. The molecule has 1 aromatic heterocycles. The van der Waals surface area contributed by atoms with Crippen LogP contribution in [-0.4, -0.2) is 65.8 Å². The van der Waals surface area contributed by atoms with E-state index >= 15 is 0 Å². The fourth-order valence-electron chi connectivity index (χ4n) is 4.31. The average Bonchev–Trinajstić information content (AvgIpc) is 3.15. The molecule has 0 spiro atoms. The minimum atomic E-state index is -4.39. The Kier molecular flexibility index (Phi) is 6.83. The fraction of sp³-hybridized carbons (Fsp3) is 0.269. The Balaban J connectivity index is 1.99. The molecule has 0 fully saturated rings. The highest BCUT2D eigenvalue weighted by Crippen LogP contribution is 2.44. The van der Waals surface area contributed by atoms with E-state index in [-0.39, 0.29) is 28.6 Å². The van der Waals surface area contributed by atoms with Gasteiger partial charge < -0.3 is 23.7 Å². The monoisotopic (exact) mass is 511 g/mol. The number of sulfonamides is 1. The van der Waals surface area contributed by atoms with E-state index in [1.165, 1.54) is 39.5 Å². The number of benzene rings is 3. The zero-order chi connectivity index (χ0) is 26.2. The zero-order valence-corrected chi connectivity index (χ0v) is 21.9. The lowest BCUT2D eigenvalue weighted by Crippen LogP contribution is -2.42. The number of nitrogens with zero attached hydrogens (tertiary/aromatic N) is 3. The van der Waals surface area contributed by atoms with E-state index in [0.29, 0.717) is 5.75 Å². The van der Waals surface area contributed by atoms with Gasteiger partial charge in [-0.3, -0.25) is 4.79 Å². The summed E-state index contributed by atoms with van der Waals surface area (Å²) < 4.78 is 47.4. The number of amides is 1. The van der Waals surface area contributed by atoms with Crippen molar-refractivity contribution in [3.8, 4) is 17.2 Å². The standard InChI is InChI=1S/C26H29N3O6S/c1-27(2)16-25(30)29(26-23(34-5)13-17(33-4)14-24(26)35-6)36(31,32)18-11-12-22-20(15-18)19-9-7-8-10-21(19)28(22)3/h7-15H,16H2,1-6H3. The van der Waals surface area contributed by atoms with Gasteiger partial charge in [0.15, 0.2) is 11.5 Å². The number of hydrogen-bond donors (Lipinski definition) is 0. The van der Waals surface area contributed by atoms with Crippen molar-refractivity contribution >= 4 is 43.4 Å². The molecule has 0 aliphatic rings. The van der Waals surface area contributed by atoms with Gasteiger partial charge in [-0.15, -0.1) is 0 Å². The van der Waals surface area contributed by atoms with Gasteiger partial charge in [0.25, 0.3) is 15.9 Å². The van der Waals surface area contributed by atoms with Crippen LogP contribution in [0.15, 0.2) is 59.5 Å². The van der Waals surface area contributed by atoms with Crippen LogP contribution >= 0.6 is 0 Å². The maximum Gasteiger partial charge on any atom is 0.271 e. The van der Waals surface area contributed by atoms with E-state index in [1.807, 2.05) is 35.9 Å². The third kappa shape index (κ3) is 4.22. The summed E-state index contributed by atoms with van der Waals surface area (Å²) in [4.78, 5) is 15.1. The van der Waals surface area contributed by atoms with E-state index in [4.69, 9.17) is 14.2 Å². The molecule has 0 saturated heterocycles. The minimum absolute atomic E-state index is 0.0225. The molecule has 10 heteroatoms. The van der Waals surface area contributed by atoms with Gasteiger partial charge >= 0.3 is 0 Å². The second-order valence-corrected chi connectivity index (χ2v) is 10.3. The summed E-state index contributed by atoms with van der Waals surface area (Å²) in [5.74, 6) is -0.0388. The molecule has 0 radical (unpaired) electrons. The second-order valence-electron chi connectivity index (χ2n) is 8.54. The highest BCUT2D eigenvalue weighted by atomic mass is 32.2. The van der Waals surface area contributed by atoms with Crippen LogP contribution in [0.3, 0.4) is 0 Å². The average molecular weight is 512 g/mol. The van der Waals surface area contributed by atoms with E-state index in [2.05, 4.69) is 0 Å². The maximum absolute atomic E-state index is 14.2. The Hall–Kier alpha value is -3.76. The van der Waals surface area contributed by atoms with Crippen LogP contribution in [-0.2, 0) is 21.9 Å². The summed E-state index contributed by atoms with van der Waals surface area (Å²) in [6.45, 7) is -0.159. The van der Waals surface area contributed by atoms with E-state index in [1.54, 1.807) is 31.1 Å². The number of carbonyl (C=O) groups is 1. The van der Waals surface area contributed by atoms with Gasteiger partial charge in [0, 0.05) is 41.0 Å². The molecule has 4 aromatic rings. The van der Waals surface area contributed by atoms with Gasteiger partial charge in [0.2, 0.25) is 0 Å². The first kappa shape index (κ1) is 25.3. The molecule has 36 heavy (non-hydrogen) atoms. The predicted molar refractivity (Wildman–Crippen MR) is 140 cm³/mol. The molecule has 0 unspecified atom stereocenters. The van der Waals surface area contributed by atoms with Crippen LogP contribution < -0.4 is 18.5 Å². The van der Waals surface area contributed by atoms with Crippen molar-refractivity contribution in [1.29, 1.82) is 0 Å². The molecule has 0 atom stereocenters. The number of carbonyl (C=O) groups excluding carboxylic acids is 1. The van der Waals surface area contributed by atoms with Crippen molar-refractivity contribution in [2.24, 2.45) is 7.05 Å². The number of hydrogen-bond acceptors (Lipinski definition) is 7. The number of aryl methyl sites for hydroxylation is 1. The highest BCUT2D eigenvalue weighted by Gasteiger charge is 2.36. The molecular formula is C26H29N3O6S. The van der Waals surface area contributed by atoms with E-state index in [0.717, 1.165) is 26.1 Å². The summed E-state index contributed by atoms with van der Waals surface area (Å²) in [7, 11) is 5.17. The van der Waals surface area contributed by atoms with Crippen molar-refractivity contribution in [3.63, 3.8) is 0 Å². The molecule has 0 aliphatic carbocycles. The summed E-state index contributed by atoms with van der Waals surface area (Å²) in [6, 6.07) is 15.6. The minimum Gasteiger partial charge on any atom is -0.496 e. The number of anilines is 1. The first-order valence-electron chi connectivity index (χ1n) is 11.1. The van der Waals surface area contributed by atoms with Gasteiger partial charge in [0.05, 0.1) is 32.8 Å². The third-order valence-electron chi connectivity index (χ3n) is 5.99. The number of aromatic nitrogens is 1. The maximum atomic E-state index is 14.2. The number of para-hydroxylation sites is 1. The van der Waals surface area contributed by atoms with Crippen LogP contribution in [0.2, 0.25) is 0 Å². The van der Waals surface area contributed by atoms with Crippen molar-refractivity contribution < 1.29 is 27.4 Å². The van der Waals surface area contributed by atoms with Crippen molar-refractivity contribution in [1.82, 2.24) is 9.47 Å². The number of rotatable bonds is 8. The lowest BCUT2D eigenvalue weighted by Gasteiger charge is -2.27. The molecule has 1 heterocycles. The van der Waals surface area contributed by atoms with Crippen LogP contribution in [0.25, 0.3) is 21.8 Å². The Labute approximate surface area is 210 Å². The van der Waals surface area contributed by atoms with Crippen LogP contribution in [0.1, 0.15) is 0 Å². The first-order chi connectivity index (χ1) is 17.1. The van der Waals surface area contributed by atoms with Crippen molar-refractivity contribution in [2.45, 2.75) is 4.90 Å². The molecule has 1 amide bonds. The normalized spacial score (nSPS) is 11.8. The molecule has 0 N–H and O–H groups in total. The van der Waals surface area contributed by atoms with Crippen LogP contribution in [0, 0.1) is 0 Å². The molecule has 3 aromatic carbocycles. The largest absolute Gasteiger partial charge is 0.496 e. The van der Waals surface area contributed by atoms with Crippen molar-refractivity contribution in [2.75, 3.05) is 46.3 Å². The predicted octanol–water partition coefficient (Wildman–Crippen LogP) is 3.64. The molecular weight excluding hydrogens is 482 g/mol. The lowest BCUT2D eigenvalue weighted by atomic mass is 10.1. The number of fused-ring (bicyclic) bond motifs is 3. The Morgan fingerprint density at radius 2 is 1.47 bits per heavy atom. The number of likely N-dealkylation sites (N-methyl/N-ethyl adjacent to an activating group) is 1. The van der Waals surface area contributed by atoms with Gasteiger partial charge in [-0.25, -0.2) is 8.42 Å². The second kappa shape index (κ2) is 9.71. The quantitative estimate of drug-likeness (QED) is 0.357. The van der Waals surface area contributed by atoms with E-state index < -0.39 is 15.9 Å². The zero-order valence-electron chi connectivity index (χ0n) is 21.1. The number of methoxy groups -OCH3 is 3. The first-order valence-corrected chi connectivity index (χ1v) is 12.6. The number of ether oxygens (including phenoxy) is 3. The third-order valence-corrected chi connectivity index (χ3v) is 7.71. The van der Waals surface area contributed by atoms with Crippen LogP contribution in [0.4, 0.5) is 5.69 Å². The smallest absolute Gasteiger partial charge is 0.271 e. The SMILES string of the molecule is COc1cc(OC)c(N(C(=O)CN(C)C)S(=O)(=O)c2ccc3c(c2)c2ccccc2n3C)c(OC)c1. The molecule has 4 rings (SSSR count). The molecule has 0 bridgehead atoms. The summed E-state index contributed by atoms with van der Waals surface area (Å²) in [5.41, 5.74) is 1.83. The van der Waals surface area contributed by atoms with Gasteiger partial charge in [-0.05, 0) is 38.4 Å². The molecule has 0 saturated carbocycles. The van der Waals surface area contributed by atoms with Gasteiger partial charge in [-0.1, -0.05) is 18.2 Å². The summed E-state index contributed by atoms with van der Waals surface area (Å²) in [5, 5.41) is 1.68. The van der Waals surface area contributed by atoms with E-state index in [9.17, 15) is 13.2 Å². The molecule has 190 valence electrons.